The van der Waals surface area contributed by atoms with Gasteiger partial charge in [0.25, 0.3) is 0 Å². The van der Waals surface area contributed by atoms with E-state index in [9.17, 15) is 0 Å². The molecule has 20 heavy (non-hydrogen) atoms. The first-order chi connectivity index (χ1) is 9.70. The number of fused-ring (bicyclic) bond motifs is 1. The van der Waals surface area contributed by atoms with Crippen LogP contribution in [0.5, 0.6) is 5.75 Å². The lowest BCUT2D eigenvalue weighted by Gasteiger charge is -2.37. The molecule has 0 fully saturated rings. The fourth-order valence-electron chi connectivity index (χ4n) is 2.64. The van der Waals surface area contributed by atoms with E-state index in [0.29, 0.717) is 0 Å². The maximum absolute atomic E-state index is 6.16. The van der Waals surface area contributed by atoms with Gasteiger partial charge in [0.15, 0.2) is 0 Å². The minimum atomic E-state index is 0.769. The molecule has 0 saturated carbocycles. The zero-order valence-electron chi connectivity index (χ0n) is 11.8. The van der Waals surface area contributed by atoms with Crippen molar-refractivity contribution in [1.82, 2.24) is 0 Å². The van der Waals surface area contributed by atoms with Crippen molar-refractivity contribution < 1.29 is 4.74 Å². The van der Waals surface area contributed by atoms with Gasteiger partial charge in [-0.1, -0.05) is 12.1 Å². The van der Waals surface area contributed by atoms with Crippen LogP contribution in [-0.2, 0) is 0 Å². The fraction of sp³-hybridized carbons (Fsp3) is 0.250. The lowest BCUT2D eigenvalue weighted by Crippen LogP contribution is -2.36. The summed E-state index contributed by atoms with van der Waals surface area (Å²) >= 11 is 0. The number of nitrogen functional groups attached to an aromatic ring is 1. The Balaban J connectivity index is 2.10. The molecule has 4 heteroatoms. The molecular weight excluding hydrogens is 250 g/mol. The standard InChI is InChI=1S/C16H19N3O/c1-18-9-10-19(15-6-4-3-5-14(15)18)16-11-12(20-2)7-8-13(16)17/h3-8,11H,9-10,17H2,1-2H3. The molecule has 0 amide bonds. The summed E-state index contributed by atoms with van der Waals surface area (Å²) in [5.41, 5.74) is 10.3. The van der Waals surface area contributed by atoms with E-state index in [1.165, 1.54) is 11.4 Å². The Morgan fingerprint density at radius 3 is 2.50 bits per heavy atom. The summed E-state index contributed by atoms with van der Waals surface area (Å²) in [6.45, 7) is 1.87. The van der Waals surface area contributed by atoms with Crippen molar-refractivity contribution in [3.05, 3.63) is 42.5 Å². The SMILES string of the molecule is COc1ccc(N)c(N2CCN(C)c3ccccc32)c1. The highest BCUT2D eigenvalue weighted by Gasteiger charge is 2.22. The van der Waals surface area contributed by atoms with Crippen LogP contribution in [0.3, 0.4) is 0 Å². The molecule has 0 spiro atoms. The smallest absolute Gasteiger partial charge is 0.121 e. The second kappa shape index (κ2) is 4.96. The van der Waals surface area contributed by atoms with Gasteiger partial charge in [0.1, 0.15) is 5.75 Å². The number of hydrogen-bond donors (Lipinski definition) is 1. The topological polar surface area (TPSA) is 41.7 Å². The summed E-state index contributed by atoms with van der Waals surface area (Å²) < 4.78 is 5.32. The normalized spacial score (nSPS) is 14.1. The fourth-order valence-corrected chi connectivity index (χ4v) is 2.64. The number of nitrogens with two attached hydrogens (primary N) is 1. The molecule has 0 saturated heterocycles. The van der Waals surface area contributed by atoms with E-state index in [-0.39, 0.29) is 0 Å². The van der Waals surface area contributed by atoms with E-state index in [1.807, 2.05) is 18.2 Å². The molecule has 0 radical (unpaired) electrons. The number of likely N-dealkylation sites (N-methyl/N-ethyl adjacent to an activating group) is 1. The molecule has 2 aromatic rings. The summed E-state index contributed by atoms with van der Waals surface area (Å²) in [5, 5.41) is 0. The first kappa shape index (κ1) is 12.7. The van der Waals surface area contributed by atoms with Crippen LogP contribution >= 0.6 is 0 Å². The largest absolute Gasteiger partial charge is 0.497 e. The number of nitrogens with zero attached hydrogens (tertiary/aromatic N) is 2. The van der Waals surface area contributed by atoms with E-state index in [4.69, 9.17) is 10.5 Å². The van der Waals surface area contributed by atoms with Gasteiger partial charge in [-0.05, 0) is 24.3 Å². The quantitative estimate of drug-likeness (QED) is 0.851. The van der Waals surface area contributed by atoms with Crippen molar-refractivity contribution in [2.24, 2.45) is 0 Å². The van der Waals surface area contributed by atoms with Crippen molar-refractivity contribution in [3.63, 3.8) is 0 Å². The summed E-state index contributed by atoms with van der Waals surface area (Å²) in [4.78, 5) is 4.52. The average Bonchev–Trinajstić information content (AvgIpc) is 2.49. The molecule has 1 heterocycles. The summed E-state index contributed by atoms with van der Waals surface area (Å²) in [6, 6.07) is 14.2. The zero-order valence-corrected chi connectivity index (χ0v) is 11.8. The Kier molecular flexibility index (Phi) is 3.14. The number of para-hydroxylation sites is 2. The van der Waals surface area contributed by atoms with Gasteiger partial charge in [0.05, 0.1) is 29.9 Å². The highest BCUT2D eigenvalue weighted by atomic mass is 16.5. The minimum Gasteiger partial charge on any atom is -0.497 e. The lowest BCUT2D eigenvalue weighted by molar-refractivity contribution is 0.415. The van der Waals surface area contributed by atoms with Crippen LogP contribution in [0.1, 0.15) is 0 Å². The number of benzene rings is 2. The van der Waals surface area contributed by atoms with Crippen LogP contribution in [0.2, 0.25) is 0 Å². The first-order valence-electron chi connectivity index (χ1n) is 6.72. The van der Waals surface area contributed by atoms with E-state index in [1.54, 1.807) is 7.11 Å². The highest BCUT2D eigenvalue weighted by molar-refractivity contribution is 5.84. The molecule has 0 unspecified atom stereocenters. The highest BCUT2D eigenvalue weighted by Crippen LogP contribution is 2.40. The van der Waals surface area contributed by atoms with Gasteiger partial charge in [-0.15, -0.1) is 0 Å². The molecule has 1 aliphatic heterocycles. The first-order valence-corrected chi connectivity index (χ1v) is 6.72. The predicted octanol–water partition coefficient (Wildman–Crippen LogP) is 2.87. The summed E-state index contributed by atoms with van der Waals surface area (Å²) in [5.74, 6) is 0.825. The van der Waals surface area contributed by atoms with Crippen LogP contribution < -0.4 is 20.3 Å². The van der Waals surface area contributed by atoms with Crippen molar-refractivity contribution in [2.45, 2.75) is 0 Å². The van der Waals surface area contributed by atoms with Crippen molar-refractivity contribution in [2.75, 3.05) is 42.8 Å². The lowest BCUT2D eigenvalue weighted by atomic mass is 10.1. The van der Waals surface area contributed by atoms with E-state index >= 15 is 0 Å². The molecule has 2 aromatic carbocycles. The van der Waals surface area contributed by atoms with Gasteiger partial charge in [-0.3, -0.25) is 0 Å². The maximum atomic E-state index is 6.16. The number of ether oxygens (including phenoxy) is 1. The molecule has 0 aromatic heterocycles. The maximum Gasteiger partial charge on any atom is 0.121 e. The number of hydrogen-bond acceptors (Lipinski definition) is 4. The number of methoxy groups -OCH3 is 1. The van der Waals surface area contributed by atoms with Crippen molar-refractivity contribution in [3.8, 4) is 5.75 Å². The molecular formula is C16H19N3O. The van der Waals surface area contributed by atoms with Crippen molar-refractivity contribution in [1.29, 1.82) is 0 Å². The third kappa shape index (κ3) is 2.03. The van der Waals surface area contributed by atoms with Crippen LogP contribution in [0.4, 0.5) is 22.7 Å². The third-order valence-electron chi connectivity index (χ3n) is 3.77. The molecule has 2 N–H and O–H groups in total. The predicted molar refractivity (Wildman–Crippen MR) is 84.1 cm³/mol. The van der Waals surface area contributed by atoms with Crippen LogP contribution in [-0.4, -0.2) is 27.2 Å². The van der Waals surface area contributed by atoms with Gasteiger partial charge < -0.3 is 20.3 Å². The molecule has 104 valence electrons. The van der Waals surface area contributed by atoms with Gasteiger partial charge in [-0.25, -0.2) is 0 Å². The Morgan fingerprint density at radius 2 is 1.75 bits per heavy atom. The van der Waals surface area contributed by atoms with Gasteiger partial charge in [0, 0.05) is 26.2 Å². The van der Waals surface area contributed by atoms with E-state index < -0.39 is 0 Å². The Labute approximate surface area is 119 Å². The molecule has 1 aliphatic rings. The van der Waals surface area contributed by atoms with Crippen LogP contribution in [0.15, 0.2) is 42.5 Å². The molecule has 3 rings (SSSR count). The van der Waals surface area contributed by atoms with Crippen molar-refractivity contribution >= 4 is 22.7 Å². The zero-order chi connectivity index (χ0) is 14.1. The number of rotatable bonds is 2. The second-order valence-electron chi connectivity index (χ2n) is 4.99. The van der Waals surface area contributed by atoms with E-state index in [0.717, 1.165) is 30.2 Å². The minimum absolute atomic E-state index is 0.769. The average molecular weight is 269 g/mol. The van der Waals surface area contributed by atoms with E-state index in [2.05, 4.69) is 41.1 Å². The number of anilines is 4. The Morgan fingerprint density at radius 1 is 1.00 bits per heavy atom. The van der Waals surface area contributed by atoms with Crippen LogP contribution in [0.25, 0.3) is 0 Å². The van der Waals surface area contributed by atoms with Gasteiger partial charge in [0.2, 0.25) is 0 Å². The summed E-state index contributed by atoms with van der Waals surface area (Å²) in [7, 11) is 3.79. The second-order valence-corrected chi connectivity index (χ2v) is 4.99. The molecule has 4 nitrogen and oxygen atoms in total. The Hall–Kier alpha value is -2.36. The Bertz CT molecular complexity index is 627. The van der Waals surface area contributed by atoms with Crippen LogP contribution in [0, 0.1) is 0 Å². The monoisotopic (exact) mass is 269 g/mol. The molecule has 0 aliphatic carbocycles. The molecule has 0 bridgehead atoms. The van der Waals surface area contributed by atoms with Gasteiger partial charge >= 0.3 is 0 Å². The molecule has 0 atom stereocenters. The summed E-state index contributed by atoms with van der Waals surface area (Å²) in [6.07, 6.45) is 0. The van der Waals surface area contributed by atoms with Gasteiger partial charge in [-0.2, -0.15) is 0 Å². The third-order valence-corrected chi connectivity index (χ3v) is 3.77.